The second-order valence-electron chi connectivity index (χ2n) is 5.86. The lowest BCUT2D eigenvalue weighted by Gasteiger charge is -2.09. The van der Waals surface area contributed by atoms with Gasteiger partial charge < -0.3 is 0 Å². The van der Waals surface area contributed by atoms with Crippen molar-refractivity contribution in [3.8, 4) is 0 Å². The van der Waals surface area contributed by atoms with Gasteiger partial charge in [0.25, 0.3) is 0 Å². The van der Waals surface area contributed by atoms with E-state index in [4.69, 9.17) is 0 Å². The van der Waals surface area contributed by atoms with Gasteiger partial charge in [-0.2, -0.15) is 0 Å². The van der Waals surface area contributed by atoms with Crippen LogP contribution < -0.4 is 0 Å². The summed E-state index contributed by atoms with van der Waals surface area (Å²) < 4.78 is 0. The van der Waals surface area contributed by atoms with E-state index in [1.165, 1.54) is 36.8 Å². The number of hydrogen-bond acceptors (Lipinski definition) is 1. The van der Waals surface area contributed by atoms with Crippen molar-refractivity contribution in [1.82, 2.24) is 0 Å². The van der Waals surface area contributed by atoms with Gasteiger partial charge in [0.15, 0.2) is 5.78 Å². The normalized spacial score (nSPS) is 11.5. The van der Waals surface area contributed by atoms with Crippen molar-refractivity contribution < 1.29 is 4.79 Å². The van der Waals surface area contributed by atoms with E-state index in [1.807, 2.05) is 32.0 Å². The predicted octanol–water partition coefficient (Wildman–Crippen LogP) is 6.51. The van der Waals surface area contributed by atoms with E-state index in [-0.39, 0.29) is 0 Å². The molecule has 0 saturated carbocycles. The van der Waals surface area contributed by atoms with Crippen LogP contribution in [0.25, 0.3) is 0 Å². The number of carbonyl (C=O) groups excluding carboxylic acids is 1. The fraction of sp³-hybridized carbons (Fsp3) is 0.650. The third kappa shape index (κ3) is 8.04. The summed E-state index contributed by atoms with van der Waals surface area (Å²) in [6.45, 7) is 12.7. The SMILES string of the molecule is CC.CCCC(C)CCCCC(=O)c1ccc(C)c(C)c1. The van der Waals surface area contributed by atoms with Crippen LogP contribution in [0, 0.1) is 19.8 Å². The molecule has 1 aromatic rings. The monoisotopic (exact) mass is 290 g/mol. The molecule has 0 aliphatic carbocycles. The van der Waals surface area contributed by atoms with Crippen molar-refractivity contribution >= 4 is 5.78 Å². The highest BCUT2D eigenvalue weighted by Gasteiger charge is 2.07. The Bertz CT molecular complexity index is 406. The Morgan fingerprint density at radius 3 is 2.29 bits per heavy atom. The number of ketones is 1. The Hall–Kier alpha value is -1.11. The smallest absolute Gasteiger partial charge is 0.162 e. The summed E-state index contributed by atoms with van der Waals surface area (Å²) >= 11 is 0. The molecule has 0 bridgehead atoms. The van der Waals surface area contributed by atoms with Gasteiger partial charge in [0, 0.05) is 12.0 Å². The molecule has 1 atom stereocenters. The van der Waals surface area contributed by atoms with Crippen molar-refractivity contribution in [2.45, 2.75) is 80.1 Å². The van der Waals surface area contributed by atoms with Crippen LogP contribution in [-0.4, -0.2) is 5.78 Å². The topological polar surface area (TPSA) is 17.1 Å². The Kier molecular flexibility index (Phi) is 10.9. The van der Waals surface area contributed by atoms with E-state index in [2.05, 4.69) is 27.7 Å². The molecule has 0 saturated heterocycles. The number of rotatable bonds is 8. The molecule has 0 N–H and O–H groups in total. The van der Waals surface area contributed by atoms with Gasteiger partial charge in [-0.15, -0.1) is 0 Å². The molecule has 0 fully saturated rings. The second-order valence-corrected chi connectivity index (χ2v) is 5.86. The maximum atomic E-state index is 12.1. The van der Waals surface area contributed by atoms with E-state index in [0.29, 0.717) is 12.2 Å². The maximum absolute atomic E-state index is 12.1. The van der Waals surface area contributed by atoms with E-state index in [9.17, 15) is 4.79 Å². The quantitative estimate of drug-likeness (QED) is 0.394. The van der Waals surface area contributed by atoms with Crippen molar-refractivity contribution in [3.05, 3.63) is 34.9 Å². The van der Waals surface area contributed by atoms with E-state index >= 15 is 0 Å². The van der Waals surface area contributed by atoms with Crippen molar-refractivity contribution in [3.63, 3.8) is 0 Å². The van der Waals surface area contributed by atoms with E-state index in [0.717, 1.165) is 17.9 Å². The van der Waals surface area contributed by atoms with Crippen molar-refractivity contribution in [2.24, 2.45) is 5.92 Å². The highest BCUT2D eigenvalue weighted by molar-refractivity contribution is 5.96. The van der Waals surface area contributed by atoms with Gasteiger partial charge in [-0.1, -0.05) is 65.5 Å². The zero-order chi connectivity index (χ0) is 16.3. The van der Waals surface area contributed by atoms with Crippen LogP contribution >= 0.6 is 0 Å². The standard InChI is InChI=1S/C18H28O.C2H6/c1-5-8-14(2)9-6-7-10-18(19)17-12-11-15(3)16(4)13-17;1-2/h11-14H,5-10H2,1-4H3;1-2H3. The molecule has 0 radical (unpaired) electrons. The van der Waals surface area contributed by atoms with Crippen molar-refractivity contribution in [2.75, 3.05) is 0 Å². The number of benzene rings is 1. The Labute approximate surface area is 132 Å². The summed E-state index contributed by atoms with van der Waals surface area (Å²) in [6.07, 6.45) is 6.74. The molecule has 0 aliphatic rings. The molecule has 0 amide bonds. The molecule has 1 rings (SSSR count). The van der Waals surface area contributed by atoms with Gasteiger partial charge in [-0.25, -0.2) is 0 Å². The molecule has 0 aromatic heterocycles. The van der Waals surface area contributed by atoms with Crippen LogP contribution in [0.3, 0.4) is 0 Å². The van der Waals surface area contributed by atoms with E-state index in [1.54, 1.807) is 0 Å². The zero-order valence-corrected chi connectivity index (χ0v) is 15.0. The first kappa shape index (κ1) is 19.9. The third-order valence-electron chi connectivity index (χ3n) is 3.96. The van der Waals surface area contributed by atoms with Crippen LogP contribution in [0.5, 0.6) is 0 Å². The lowest BCUT2D eigenvalue weighted by atomic mass is 9.96. The summed E-state index contributed by atoms with van der Waals surface area (Å²) in [5.74, 6) is 1.10. The molecule has 0 spiro atoms. The average Bonchev–Trinajstić information content (AvgIpc) is 2.48. The van der Waals surface area contributed by atoms with Crippen molar-refractivity contribution in [1.29, 1.82) is 0 Å². The highest BCUT2D eigenvalue weighted by atomic mass is 16.1. The fourth-order valence-corrected chi connectivity index (χ4v) is 2.47. The van der Waals surface area contributed by atoms with Gasteiger partial charge in [-0.05, 0) is 43.4 Å². The zero-order valence-electron chi connectivity index (χ0n) is 15.0. The fourth-order valence-electron chi connectivity index (χ4n) is 2.47. The number of unbranched alkanes of at least 4 members (excludes halogenated alkanes) is 1. The first-order valence-electron chi connectivity index (χ1n) is 8.65. The number of carbonyl (C=O) groups is 1. The summed E-state index contributed by atoms with van der Waals surface area (Å²) in [6, 6.07) is 6.04. The average molecular weight is 290 g/mol. The Morgan fingerprint density at radius 1 is 1.05 bits per heavy atom. The van der Waals surface area contributed by atoms with Crippen LogP contribution in [-0.2, 0) is 0 Å². The van der Waals surface area contributed by atoms with Crippen LogP contribution in [0.4, 0.5) is 0 Å². The summed E-state index contributed by atoms with van der Waals surface area (Å²) in [5, 5.41) is 0. The van der Waals surface area contributed by atoms with Gasteiger partial charge in [-0.3, -0.25) is 4.79 Å². The molecule has 0 aliphatic heterocycles. The van der Waals surface area contributed by atoms with Crippen LogP contribution in [0.2, 0.25) is 0 Å². The van der Waals surface area contributed by atoms with Gasteiger partial charge in [0.05, 0.1) is 0 Å². The third-order valence-corrected chi connectivity index (χ3v) is 3.96. The Balaban J connectivity index is 0.00000191. The van der Waals surface area contributed by atoms with Gasteiger partial charge >= 0.3 is 0 Å². The number of hydrogen-bond donors (Lipinski definition) is 0. The first-order chi connectivity index (χ1) is 10.0. The molecule has 1 heteroatoms. The molecule has 0 heterocycles. The largest absolute Gasteiger partial charge is 0.294 e. The number of Topliss-reactive ketones (excluding diaryl/α,β-unsaturated/α-hetero) is 1. The highest BCUT2D eigenvalue weighted by Crippen LogP contribution is 2.17. The number of aryl methyl sites for hydroxylation is 2. The minimum absolute atomic E-state index is 0.297. The van der Waals surface area contributed by atoms with Crippen LogP contribution in [0.15, 0.2) is 18.2 Å². The van der Waals surface area contributed by atoms with Gasteiger partial charge in [0.1, 0.15) is 0 Å². The Morgan fingerprint density at radius 2 is 1.71 bits per heavy atom. The summed E-state index contributed by atoms with van der Waals surface area (Å²) in [4.78, 5) is 12.1. The second kappa shape index (κ2) is 11.5. The predicted molar refractivity (Wildman–Crippen MR) is 94.1 cm³/mol. The first-order valence-corrected chi connectivity index (χ1v) is 8.65. The summed E-state index contributed by atoms with van der Waals surface area (Å²) in [5.41, 5.74) is 3.34. The van der Waals surface area contributed by atoms with E-state index < -0.39 is 0 Å². The minimum Gasteiger partial charge on any atom is -0.294 e. The van der Waals surface area contributed by atoms with Crippen LogP contribution in [0.1, 0.15) is 87.7 Å². The summed E-state index contributed by atoms with van der Waals surface area (Å²) in [7, 11) is 0. The molecule has 1 nitrogen and oxygen atoms in total. The molecule has 1 unspecified atom stereocenters. The molecule has 21 heavy (non-hydrogen) atoms. The molecular weight excluding hydrogens is 256 g/mol. The minimum atomic E-state index is 0.297. The molecule has 120 valence electrons. The molecular formula is C20H34O. The van der Waals surface area contributed by atoms with Gasteiger partial charge in [0.2, 0.25) is 0 Å². The lowest BCUT2D eigenvalue weighted by molar-refractivity contribution is 0.0978. The maximum Gasteiger partial charge on any atom is 0.162 e. The lowest BCUT2D eigenvalue weighted by Crippen LogP contribution is -2.01. The molecule has 1 aromatic carbocycles.